The highest BCUT2D eigenvalue weighted by Gasteiger charge is 2.25. The summed E-state index contributed by atoms with van der Waals surface area (Å²) in [5.74, 6) is 0.374. The summed E-state index contributed by atoms with van der Waals surface area (Å²) in [6.07, 6.45) is 5.54. The highest BCUT2D eigenvalue weighted by Crippen LogP contribution is 2.28. The molecular formula is C27H33N3O4. The first-order chi connectivity index (χ1) is 16.6. The maximum Gasteiger partial charge on any atom is 0.252 e. The number of rotatable bonds is 11. The fourth-order valence-corrected chi connectivity index (χ4v) is 4.72. The number of likely N-dealkylation sites (tertiary alicyclic amines) is 1. The number of aromatic nitrogens is 1. The summed E-state index contributed by atoms with van der Waals surface area (Å²) in [5, 5.41) is 4.02. The number of amides is 1. The van der Waals surface area contributed by atoms with E-state index in [0.29, 0.717) is 30.3 Å². The summed E-state index contributed by atoms with van der Waals surface area (Å²) in [6.45, 7) is 5.02. The molecule has 1 fully saturated rings. The van der Waals surface area contributed by atoms with Crippen LogP contribution in [0.2, 0.25) is 0 Å². The summed E-state index contributed by atoms with van der Waals surface area (Å²) < 4.78 is 11.2. The molecule has 2 N–H and O–H groups in total. The molecule has 0 spiro atoms. The van der Waals surface area contributed by atoms with Crippen LogP contribution in [0.3, 0.4) is 0 Å². The molecule has 7 nitrogen and oxygen atoms in total. The van der Waals surface area contributed by atoms with Gasteiger partial charge in [0.2, 0.25) is 0 Å². The standard InChI is InChI=1S/C27H33N3O4/c1-19(31)23-7-3-4-8-24(23)27(32)28-11-14-34-22-9-10-26-25(17-22)20(18-29-26)16-21-6-5-12-30(21)13-15-33-2/h3-4,7-10,17-18,21,29H,5-6,11-16H2,1-2H3,(H,28,32)/t21-/m1/s1. The number of carbonyl (C=O) groups excluding carboxylic acids is 2. The molecule has 2 aromatic carbocycles. The zero-order chi connectivity index (χ0) is 23.9. The van der Waals surface area contributed by atoms with Crippen molar-refractivity contribution in [1.29, 1.82) is 0 Å². The Kier molecular flexibility index (Phi) is 7.98. The van der Waals surface area contributed by atoms with Crippen molar-refractivity contribution in [1.82, 2.24) is 15.2 Å². The van der Waals surface area contributed by atoms with Crippen LogP contribution in [-0.4, -0.2) is 67.6 Å². The molecule has 3 aromatic rings. The highest BCUT2D eigenvalue weighted by molar-refractivity contribution is 6.07. The van der Waals surface area contributed by atoms with Gasteiger partial charge in [0.05, 0.1) is 18.7 Å². The Labute approximate surface area is 200 Å². The smallest absolute Gasteiger partial charge is 0.252 e. The number of hydrogen-bond donors (Lipinski definition) is 2. The van der Waals surface area contributed by atoms with Gasteiger partial charge in [-0.25, -0.2) is 0 Å². The second-order valence-electron chi connectivity index (χ2n) is 8.76. The van der Waals surface area contributed by atoms with Gasteiger partial charge in [0.25, 0.3) is 5.91 Å². The number of hydrogen-bond acceptors (Lipinski definition) is 5. The zero-order valence-corrected chi connectivity index (χ0v) is 19.9. The maximum atomic E-state index is 12.5. The molecule has 0 unspecified atom stereocenters. The molecule has 1 atom stereocenters. The molecule has 0 saturated carbocycles. The number of nitrogens with one attached hydrogen (secondary N) is 2. The van der Waals surface area contributed by atoms with Gasteiger partial charge < -0.3 is 19.8 Å². The molecule has 4 rings (SSSR count). The van der Waals surface area contributed by atoms with Crippen LogP contribution in [0.25, 0.3) is 10.9 Å². The molecule has 1 aliphatic heterocycles. The predicted molar refractivity (Wildman–Crippen MR) is 133 cm³/mol. The van der Waals surface area contributed by atoms with Gasteiger partial charge in [-0.3, -0.25) is 14.5 Å². The van der Waals surface area contributed by atoms with E-state index in [1.54, 1.807) is 31.4 Å². The van der Waals surface area contributed by atoms with Gasteiger partial charge in [-0.05, 0) is 62.6 Å². The fourth-order valence-electron chi connectivity index (χ4n) is 4.72. The summed E-state index contributed by atoms with van der Waals surface area (Å²) >= 11 is 0. The van der Waals surface area contributed by atoms with Crippen molar-refractivity contribution in [2.24, 2.45) is 0 Å². The molecule has 0 radical (unpaired) electrons. The first-order valence-electron chi connectivity index (χ1n) is 11.9. The Morgan fingerprint density at radius 3 is 2.76 bits per heavy atom. The van der Waals surface area contributed by atoms with Crippen molar-refractivity contribution in [2.75, 3.05) is 40.0 Å². The largest absolute Gasteiger partial charge is 0.492 e. The Bertz CT molecular complexity index is 1140. The molecule has 2 heterocycles. The second-order valence-corrected chi connectivity index (χ2v) is 8.76. The molecular weight excluding hydrogens is 430 g/mol. The van der Waals surface area contributed by atoms with Crippen LogP contribution >= 0.6 is 0 Å². The molecule has 180 valence electrons. The van der Waals surface area contributed by atoms with Crippen LogP contribution in [0.15, 0.2) is 48.7 Å². The first-order valence-corrected chi connectivity index (χ1v) is 11.9. The van der Waals surface area contributed by atoms with Crippen LogP contribution in [0, 0.1) is 0 Å². The van der Waals surface area contributed by atoms with Crippen LogP contribution in [0.5, 0.6) is 5.75 Å². The van der Waals surface area contributed by atoms with E-state index in [2.05, 4.69) is 27.5 Å². The fraction of sp³-hybridized carbons (Fsp3) is 0.407. The summed E-state index contributed by atoms with van der Waals surface area (Å²) in [4.78, 5) is 30.1. The maximum absolute atomic E-state index is 12.5. The molecule has 0 bridgehead atoms. The molecule has 34 heavy (non-hydrogen) atoms. The van der Waals surface area contributed by atoms with Crippen molar-refractivity contribution in [3.63, 3.8) is 0 Å². The zero-order valence-electron chi connectivity index (χ0n) is 19.9. The summed E-state index contributed by atoms with van der Waals surface area (Å²) in [7, 11) is 1.75. The van der Waals surface area contributed by atoms with Crippen molar-refractivity contribution in [3.05, 3.63) is 65.4 Å². The van der Waals surface area contributed by atoms with E-state index in [9.17, 15) is 9.59 Å². The lowest BCUT2D eigenvalue weighted by atomic mass is 10.0. The lowest BCUT2D eigenvalue weighted by molar-refractivity contribution is 0.0933. The Morgan fingerprint density at radius 2 is 1.97 bits per heavy atom. The minimum Gasteiger partial charge on any atom is -0.492 e. The van der Waals surface area contributed by atoms with Crippen molar-refractivity contribution in [3.8, 4) is 5.75 Å². The number of carbonyl (C=O) groups is 2. The van der Waals surface area contributed by atoms with Crippen LogP contribution < -0.4 is 10.1 Å². The number of aromatic amines is 1. The number of methoxy groups -OCH3 is 1. The van der Waals surface area contributed by atoms with Gasteiger partial charge >= 0.3 is 0 Å². The quantitative estimate of drug-likeness (QED) is 0.334. The SMILES string of the molecule is COCCN1CCC[C@@H]1Cc1c[nH]c2ccc(OCCNC(=O)c3ccccc3C(C)=O)cc12. The second kappa shape index (κ2) is 11.3. The topological polar surface area (TPSA) is 83.7 Å². The van der Waals surface area contributed by atoms with E-state index in [1.807, 2.05) is 12.1 Å². The molecule has 7 heteroatoms. The number of ether oxygens (including phenoxy) is 2. The lowest BCUT2D eigenvalue weighted by Gasteiger charge is -2.23. The third-order valence-corrected chi connectivity index (χ3v) is 6.48. The Hall–Kier alpha value is -3.16. The van der Waals surface area contributed by atoms with Crippen LogP contribution in [0.1, 0.15) is 46.0 Å². The molecule has 1 amide bonds. The van der Waals surface area contributed by atoms with E-state index >= 15 is 0 Å². The normalized spacial score (nSPS) is 16.1. The number of benzene rings is 2. The van der Waals surface area contributed by atoms with Gasteiger partial charge in [0, 0.05) is 42.4 Å². The van der Waals surface area contributed by atoms with E-state index in [-0.39, 0.29) is 11.7 Å². The monoisotopic (exact) mass is 463 g/mol. The molecule has 1 aromatic heterocycles. The number of Topliss-reactive ketones (excluding diaryl/α,β-unsaturated/α-hetero) is 1. The minimum absolute atomic E-state index is 0.128. The minimum atomic E-state index is -0.271. The molecule has 1 saturated heterocycles. The van der Waals surface area contributed by atoms with E-state index < -0.39 is 0 Å². The Morgan fingerprint density at radius 1 is 1.15 bits per heavy atom. The third-order valence-electron chi connectivity index (χ3n) is 6.48. The average Bonchev–Trinajstić information content (AvgIpc) is 3.47. The highest BCUT2D eigenvalue weighted by atomic mass is 16.5. The number of H-pyrrole nitrogens is 1. The van der Waals surface area contributed by atoms with Gasteiger partial charge in [-0.15, -0.1) is 0 Å². The van der Waals surface area contributed by atoms with E-state index in [0.717, 1.165) is 37.4 Å². The van der Waals surface area contributed by atoms with Gasteiger partial charge in [0.1, 0.15) is 12.4 Å². The summed E-state index contributed by atoms with van der Waals surface area (Å²) in [6, 6.07) is 13.4. The van der Waals surface area contributed by atoms with Crippen molar-refractivity contribution in [2.45, 2.75) is 32.2 Å². The first kappa shape index (κ1) is 24.0. The number of ketones is 1. The summed E-state index contributed by atoms with van der Waals surface area (Å²) in [5.41, 5.74) is 3.20. The number of fused-ring (bicyclic) bond motifs is 1. The van der Waals surface area contributed by atoms with Crippen LogP contribution in [0.4, 0.5) is 0 Å². The third kappa shape index (κ3) is 5.66. The Balaban J connectivity index is 1.34. The van der Waals surface area contributed by atoms with Crippen molar-refractivity contribution < 1.29 is 19.1 Å². The van der Waals surface area contributed by atoms with Gasteiger partial charge in [-0.2, -0.15) is 0 Å². The predicted octanol–water partition coefficient (Wildman–Crippen LogP) is 3.83. The van der Waals surface area contributed by atoms with Crippen LogP contribution in [-0.2, 0) is 11.2 Å². The number of nitrogens with zero attached hydrogens (tertiary/aromatic N) is 1. The van der Waals surface area contributed by atoms with E-state index in [1.165, 1.54) is 30.7 Å². The van der Waals surface area contributed by atoms with E-state index in [4.69, 9.17) is 9.47 Å². The molecule has 1 aliphatic rings. The van der Waals surface area contributed by atoms with Gasteiger partial charge in [0.15, 0.2) is 5.78 Å². The lowest BCUT2D eigenvalue weighted by Crippen LogP contribution is -2.33. The average molecular weight is 464 g/mol. The van der Waals surface area contributed by atoms with Gasteiger partial charge in [-0.1, -0.05) is 18.2 Å². The molecule has 0 aliphatic carbocycles. The van der Waals surface area contributed by atoms with Crippen molar-refractivity contribution >= 4 is 22.6 Å².